The highest BCUT2D eigenvalue weighted by Gasteiger charge is 2.17. The minimum absolute atomic E-state index is 0.144. The van der Waals surface area contributed by atoms with Crippen LogP contribution in [0.2, 0.25) is 0 Å². The van der Waals surface area contributed by atoms with Gasteiger partial charge in [-0.1, -0.05) is 44.2 Å². The fourth-order valence-corrected chi connectivity index (χ4v) is 2.67. The number of ether oxygens (including phenoxy) is 1. The quantitative estimate of drug-likeness (QED) is 0.790. The van der Waals surface area contributed by atoms with Crippen LogP contribution in [0.5, 0.6) is 0 Å². The first-order chi connectivity index (χ1) is 9.66. The molecule has 1 aromatic heterocycles. The number of rotatable bonds is 8. The summed E-state index contributed by atoms with van der Waals surface area (Å²) in [4.78, 5) is 0. The van der Waals surface area contributed by atoms with Gasteiger partial charge in [-0.2, -0.15) is 11.3 Å². The molecule has 0 fully saturated rings. The fourth-order valence-electron chi connectivity index (χ4n) is 2.01. The molecule has 0 saturated carbocycles. The first-order valence-electron chi connectivity index (χ1n) is 6.99. The van der Waals surface area contributed by atoms with Gasteiger partial charge in [-0.05, 0) is 28.0 Å². The Bertz CT molecular complexity index is 479. The lowest BCUT2D eigenvalue weighted by Crippen LogP contribution is -2.32. The molecule has 0 unspecified atom stereocenters. The Hall–Kier alpha value is -1.16. The second-order valence-corrected chi connectivity index (χ2v) is 6.66. The maximum atomic E-state index is 5.81. The SMILES string of the molecule is CC(C)(CNCc1ccccc1)COCc1ccsc1. The molecule has 20 heavy (non-hydrogen) atoms. The summed E-state index contributed by atoms with van der Waals surface area (Å²) in [7, 11) is 0. The van der Waals surface area contributed by atoms with E-state index in [1.54, 1.807) is 11.3 Å². The van der Waals surface area contributed by atoms with E-state index in [-0.39, 0.29) is 5.41 Å². The van der Waals surface area contributed by atoms with E-state index < -0.39 is 0 Å². The standard InChI is InChI=1S/C17H23NOS/c1-17(2,14-19-11-16-8-9-20-12-16)13-18-10-15-6-4-3-5-7-15/h3-9,12,18H,10-11,13-14H2,1-2H3. The number of hydrogen-bond donors (Lipinski definition) is 1. The first kappa shape index (κ1) is 15.2. The molecule has 0 aliphatic rings. The van der Waals surface area contributed by atoms with Crippen LogP contribution < -0.4 is 5.32 Å². The molecule has 108 valence electrons. The molecule has 0 bridgehead atoms. The Morgan fingerprint density at radius 1 is 1.10 bits per heavy atom. The molecule has 2 rings (SSSR count). The summed E-state index contributed by atoms with van der Waals surface area (Å²) in [6.07, 6.45) is 0. The van der Waals surface area contributed by atoms with Crippen LogP contribution in [0.3, 0.4) is 0 Å². The summed E-state index contributed by atoms with van der Waals surface area (Å²) < 4.78 is 5.81. The molecule has 1 N–H and O–H groups in total. The molecule has 2 nitrogen and oxygen atoms in total. The summed E-state index contributed by atoms with van der Waals surface area (Å²) in [5.41, 5.74) is 2.73. The van der Waals surface area contributed by atoms with Gasteiger partial charge in [0.15, 0.2) is 0 Å². The number of nitrogens with one attached hydrogen (secondary N) is 1. The van der Waals surface area contributed by atoms with Crippen molar-refractivity contribution in [3.8, 4) is 0 Å². The molecule has 1 heterocycles. The van der Waals surface area contributed by atoms with Gasteiger partial charge in [0.25, 0.3) is 0 Å². The number of thiophene rings is 1. The fraction of sp³-hybridized carbons (Fsp3) is 0.412. The molecule has 0 amide bonds. The highest BCUT2D eigenvalue weighted by Crippen LogP contribution is 2.16. The summed E-state index contributed by atoms with van der Waals surface area (Å²) >= 11 is 1.72. The number of benzene rings is 1. The van der Waals surface area contributed by atoms with E-state index in [0.717, 1.165) is 19.7 Å². The van der Waals surface area contributed by atoms with Crippen LogP contribution in [0.1, 0.15) is 25.0 Å². The average molecular weight is 289 g/mol. The Morgan fingerprint density at radius 2 is 1.90 bits per heavy atom. The van der Waals surface area contributed by atoms with Gasteiger partial charge in [0.1, 0.15) is 0 Å². The Balaban J connectivity index is 1.65. The zero-order chi connectivity index (χ0) is 14.3. The zero-order valence-electron chi connectivity index (χ0n) is 12.3. The Morgan fingerprint density at radius 3 is 2.60 bits per heavy atom. The summed E-state index contributed by atoms with van der Waals surface area (Å²) in [5, 5.41) is 7.74. The van der Waals surface area contributed by atoms with Crippen LogP contribution in [0.15, 0.2) is 47.2 Å². The third-order valence-corrected chi connectivity index (χ3v) is 3.85. The van der Waals surface area contributed by atoms with Crippen molar-refractivity contribution in [3.05, 3.63) is 58.3 Å². The minimum Gasteiger partial charge on any atom is -0.376 e. The van der Waals surface area contributed by atoms with Crippen molar-refractivity contribution in [3.63, 3.8) is 0 Å². The van der Waals surface area contributed by atoms with Crippen LogP contribution in [0, 0.1) is 5.41 Å². The average Bonchev–Trinajstić information content (AvgIpc) is 2.93. The van der Waals surface area contributed by atoms with Gasteiger partial charge in [0.05, 0.1) is 13.2 Å². The van der Waals surface area contributed by atoms with E-state index in [0.29, 0.717) is 6.61 Å². The van der Waals surface area contributed by atoms with E-state index in [4.69, 9.17) is 4.74 Å². The van der Waals surface area contributed by atoms with E-state index >= 15 is 0 Å². The number of hydrogen-bond acceptors (Lipinski definition) is 3. The lowest BCUT2D eigenvalue weighted by atomic mass is 9.95. The second-order valence-electron chi connectivity index (χ2n) is 5.88. The van der Waals surface area contributed by atoms with Crippen molar-refractivity contribution in [2.24, 2.45) is 5.41 Å². The van der Waals surface area contributed by atoms with Gasteiger partial charge in [-0.3, -0.25) is 0 Å². The lowest BCUT2D eigenvalue weighted by Gasteiger charge is -2.25. The second kappa shape index (κ2) is 7.58. The monoisotopic (exact) mass is 289 g/mol. The van der Waals surface area contributed by atoms with Crippen LogP contribution in [0.25, 0.3) is 0 Å². The molecule has 0 aliphatic carbocycles. The molecule has 2 aromatic rings. The molecule has 0 spiro atoms. The highest BCUT2D eigenvalue weighted by molar-refractivity contribution is 7.07. The molecule has 0 atom stereocenters. The highest BCUT2D eigenvalue weighted by atomic mass is 32.1. The molecule has 0 saturated heterocycles. The molecule has 0 radical (unpaired) electrons. The van der Waals surface area contributed by atoms with Crippen LogP contribution >= 0.6 is 11.3 Å². The van der Waals surface area contributed by atoms with Crippen molar-refractivity contribution in [2.45, 2.75) is 27.0 Å². The smallest absolute Gasteiger partial charge is 0.0725 e. The molecular formula is C17H23NOS. The van der Waals surface area contributed by atoms with Crippen LogP contribution in [-0.2, 0) is 17.9 Å². The van der Waals surface area contributed by atoms with E-state index in [2.05, 4.69) is 60.3 Å². The van der Waals surface area contributed by atoms with Crippen molar-refractivity contribution in [1.82, 2.24) is 5.32 Å². The van der Waals surface area contributed by atoms with Crippen LogP contribution in [0.4, 0.5) is 0 Å². The molecular weight excluding hydrogens is 266 g/mol. The Labute approximate surface area is 125 Å². The third-order valence-electron chi connectivity index (χ3n) is 3.12. The van der Waals surface area contributed by atoms with Crippen LogP contribution in [-0.4, -0.2) is 13.2 Å². The first-order valence-corrected chi connectivity index (χ1v) is 7.93. The largest absolute Gasteiger partial charge is 0.376 e. The lowest BCUT2D eigenvalue weighted by molar-refractivity contribution is 0.0513. The normalized spacial score (nSPS) is 11.7. The predicted molar refractivity (Wildman–Crippen MR) is 85.9 cm³/mol. The van der Waals surface area contributed by atoms with E-state index in [1.807, 2.05) is 6.07 Å². The van der Waals surface area contributed by atoms with Crippen molar-refractivity contribution in [2.75, 3.05) is 13.2 Å². The summed E-state index contributed by atoms with van der Waals surface area (Å²) in [5.74, 6) is 0. The third kappa shape index (κ3) is 5.45. The van der Waals surface area contributed by atoms with Gasteiger partial charge < -0.3 is 10.1 Å². The predicted octanol–water partition coefficient (Wildman–Crippen LogP) is 4.08. The summed E-state index contributed by atoms with van der Waals surface area (Å²) in [6.45, 7) is 7.81. The van der Waals surface area contributed by atoms with Gasteiger partial charge >= 0.3 is 0 Å². The zero-order valence-corrected chi connectivity index (χ0v) is 13.1. The topological polar surface area (TPSA) is 21.3 Å². The minimum atomic E-state index is 0.144. The van der Waals surface area contributed by atoms with E-state index in [1.165, 1.54) is 11.1 Å². The molecule has 1 aromatic carbocycles. The molecule has 3 heteroatoms. The maximum absolute atomic E-state index is 5.81. The van der Waals surface area contributed by atoms with Crippen molar-refractivity contribution < 1.29 is 4.74 Å². The van der Waals surface area contributed by atoms with Crippen molar-refractivity contribution in [1.29, 1.82) is 0 Å². The van der Waals surface area contributed by atoms with E-state index in [9.17, 15) is 0 Å². The molecule has 0 aliphatic heterocycles. The van der Waals surface area contributed by atoms with Gasteiger partial charge in [0.2, 0.25) is 0 Å². The van der Waals surface area contributed by atoms with Crippen molar-refractivity contribution >= 4 is 11.3 Å². The summed E-state index contributed by atoms with van der Waals surface area (Å²) in [6, 6.07) is 12.6. The van der Waals surface area contributed by atoms with Gasteiger partial charge in [-0.25, -0.2) is 0 Å². The maximum Gasteiger partial charge on any atom is 0.0725 e. The Kier molecular flexibility index (Phi) is 5.77. The van der Waals surface area contributed by atoms with Gasteiger partial charge in [0, 0.05) is 18.5 Å². The van der Waals surface area contributed by atoms with Gasteiger partial charge in [-0.15, -0.1) is 0 Å².